The first-order valence-corrected chi connectivity index (χ1v) is 7.50. The third kappa shape index (κ3) is 5.75. The minimum absolute atomic E-state index is 0.0559. The molecule has 6 heteroatoms. The van der Waals surface area contributed by atoms with Gasteiger partial charge in [0.2, 0.25) is 0 Å². The van der Waals surface area contributed by atoms with Crippen LogP contribution in [0.4, 0.5) is 0 Å². The summed E-state index contributed by atoms with van der Waals surface area (Å²) in [5.41, 5.74) is 0.718. The fraction of sp³-hybridized carbons (Fsp3) is 0.467. The van der Waals surface area contributed by atoms with Gasteiger partial charge in [-0.05, 0) is 38.5 Å². The van der Waals surface area contributed by atoms with E-state index in [9.17, 15) is 9.59 Å². The first-order chi connectivity index (χ1) is 9.97. The van der Waals surface area contributed by atoms with Crippen molar-refractivity contribution in [2.24, 2.45) is 0 Å². The van der Waals surface area contributed by atoms with Gasteiger partial charge < -0.3 is 14.2 Å². The van der Waals surface area contributed by atoms with Crippen LogP contribution in [0.15, 0.2) is 16.6 Å². The van der Waals surface area contributed by atoms with Crippen LogP contribution in [-0.4, -0.2) is 31.6 Å². The molecule has 0 aromatic heterocycles. The molecule has 0 heterocycles. The number of carbonyl (C=O) groups excluding carboxylic acids is 2. The summed E-state index contributed by atoms with van der Waals surface area (Å²) in [4.78, 5) is 22.5. The number of benzene rings is 1. The largest absolute Gasteiger partial charge is 0.490 e. The van der Waals surface area contributed by atoms with Crippen LogP contribution < -0.4 is 9.47 Å². The van der Waals surface area contributed by atoms with E-state index in [0.717, 1.165) is 10.0 Å². The summed E-state index contributed by atoms with van der Waals surface area (Å²) in [5, 5.41) is 0. The summed E-state index contributed by atoms with van der Waals surface area (Å²) in [6.07, 6.45) is 0.0559. The number of hydrogen-bond acceptors (Lipinski definition) is 5. The lowest BCUT2D eigenvalue weighted by molar-refractivity contribution is -0.146. The Morgan fingerprint density at radius 1 is 1.10 bits per heavy atom. The number of hydrogen-bond donors (Lipinski definition) is 0. The summed E-state index contributed by atoms with van der Waals surface area (Å²) in [6, 6.07) is 3.51. The minimum Gasteiger partial charge on any atom is -0.490 e. The van der Waals surface area contributed by atoms with Crippen molar-refractivity contribution in [3.63, 3.8) is 0 Å². The maximum atomic E-state index is 11.7. The minimum atomic E-state index is -0.461. The van der Waals surface area contributed by atoms with E-state index in [-0.39, 0.29) is 18.8 Å². The lowest BCUT2D eigenvalue weighted by atomic mass is 10.1. The number of Topliss-reactive ketones (excluding diaryl/α,β-unsaturated/α-hetero) is 1. The molecule has 0 aliphatic carbocycles. The van der Waals surface area contributed by atoms with Crippen molar-refractivity contribution >= 4 is 27.7 Å². The highest BCUT2D eigenvalue weighted by molar-refractivity contribution is 9.10. The standard InChI is InChI=1S/C15H19BrO5/c1-4-19-13-6-11(7-15(18)21-9-10(3)17)12(16)8-14(13)20-5-2/h6,8H,4-5,7,9H2,1-3H3. The second-order valence-electron chi connectivity index (χ2n) is 4.30. The van der Waals surface area contributed by atoms with Crippen molar-refractivity contribution in [3.05, 3.63) is 22.2 Å². The zero-order chi connectivity index (χ0) is 15.8. The zero-order valence-electron chi connectivity index (χ0n) is 12.4. The summed E-state index contributed by atoms with van der Waals surface area (Å²) >= 11 is 3.40. The van der Waals surface area contributed by atoms with Gasteiger partial charge in [-0.2, -0.15) is 0 Å². The SMILES string of the molecule is CCOc1cc(Br)c(CC(=O)OCC(C)=O)cc1OCC. The number of rotatable bonds is 8. The van der Waals surface area contributed by atoms with E-state index in [2.05, 4.69) is 15.9 Å². The van der Waals surface area contributed by atoms with Gasteiger partial charge in [-0.3, -0.25) is 9.59 Å². The Balaban J connectivity index is 2.88. The highest BCUT2D eigenvalue weighted by Gasteiger charge is 2.14. The molecule has 0 aliphatic heterocycles. The Kier molecular flexibility index (Phi) is 7.22. The van der Waals surface area contributed by atoms with E-state index in [0.29, 0.717) is 24.7 Å². The van der Waals surface area contributed by atoms with E-state index >= 15 is 0 Å². The molecule has 0 spiro atoms. The van der Waals surface area contributed by atoms with Crippen LogP contribution in [0, 0.1) is 0 Å². The molecule has 5 nitrogen and oxygen atoms in total. The smallest absolute Gasteiger partial charge is 0.310 e. The molecule has 1 rings (SSSR count). The molecule has 0 saturated carbocycles. The topological polar surface area (TPSA) is 61.8 Å². The van der Waals surface area contributed by atoms with Crippen LogP contribution >= 0.6 is 15.9 Å². The van der Waals surface area contributed by atoms with Gasteiger partial charge in [0.15, 0.2) is 17.3 Å². The fourth-order valence-corrected chi connectivity index (χ4v) is 2.10. The molecule has 0 unspecified atom stereocenters. The summed E-state index contributed by atoms with van der Waals surface area (Å²) in [6.45, 7) is 5.94. The Morgan fingerprint density at radius 2 is 1.67 bits per heavy atom. The number of ketones is 1. The van der Waals surface area contributed by atoms with Crippen LogP contribution in [0.1, 0.15) is 26.3 Å². The Labute approximate surface area is 132 Å². The first kappa shape index (κ1) is 17.5. The quantitative estimate of drug-likeness (QED) is 0.668. The van der Waals surface area contributed by atoms with Gasteiger partial charge in [0.05, 0.1) is 19.6 Å². The lowest BCUT2D eigenvalue weighted by Gasteiger charge is -2.14. The maximum Gasteiger partial charge on any atom is 0.310 e. The molecule has 0 aliphatic rings. The van der Waals surface area contributed by atoms with Crippen molar-refractivity contribution in [1.29, 1.82) is 0 Å². The summed E-state index contributed by atoms with van der Waals surface area (Å²) < 4.78 is 16.6. The van der Waals surface area contributed by atoms with Crippen molar-refractivity contribution in [3.8, 4) is 11.5 Å². The summed E-state index contributed by atoms with van der Waals surface area (Å²) in [7, 11) is 0. The molecule has 0 radical (unpaired) electrons. The molecular formula is C15H19BrO5. The number of carbonyl (C=O) groups is 2. The van der Waals surface area contributed by atoms with E-state index in [4.69, 9.17) is 14.2 Å². The number of ether oxygens (including phenoxy) is 3. The molecule has 0 bridgehead atoms. The molecule has 1 aromatic rings. The van der Waals surface area contributed by atoms with Gasteiger partial charge in [0.25, 0.3) is 0 Å². The van der Waals surface area contributed by atoms with Crippen LogP contribution in [0.3, 0.4) is 0 Å². The molecule has 0 saturated heterocycles. The lowest BCUT2D eigenvalue weighted by Crippen LogP contribution is -2.13. The number of esters is 1. The molecule has 1 aromatic carbocycles. The monoisotopic (exact) mass is 358 g/mol. The second kappa shape index (κ2) is 8.67. The van der Waals surface area contributed by atoms with Crippen LogP contribution in [-0.2, 0) is 20.7 Å². The van der Waals surface area contributed by atoms with Gasteiger partial charge in [0, 0.05) is 4.47 Å². The van der Waals surface area contributed by atoms with Crippen molar-refractivity contribution < 1.29 is 23.8 Å². The van der Waals surface area contributed by atoms with E-state index in [1.165, 1.54) is 6.92 Å². The molecular weight excluding hydrogens is 340 g/mol. The molecule has 0 N–H and O–H groups in total. The molecule has 116 valence electrons. The normalized spacial score (nSPS) is 10.1. The predicted molar refractivity (Wildman–Crippen MR) is 81.8 cm³/mol. The second-order valence-corrected chi connectivity index (χ2v) is 5.15. The Hall–Kier alpha value is -1.56. The average molecular weight is 359 g/mol. The highest BCUT2D eigenvalue weighted by Crippen LogP contribution is 2.34. The van der Waals surface area contributed by atoms with Crippen LogP contribution in [0.2, 0.25) is 0 Å². The van der Waals surface area contributed by atoms with Crippen LogP contribution in [0.25, 0.3) is 0 Å². The van der Waals surface area contributed by atoms with E-state index in [1.807, 2.05) is 13.8 Å². The first-order valence-electron chi connectivity index (χ1n) is 6.71. The zero-order valence-corrected chi connectivity index (χ0v) is 14.0. The van der Waals surface area contributed by atoms with Crippen LogP contribution in [0.5, 0.6) is 11.5 Å². The van der Waals surface area contributed by atoms with Crippen molar-refractivity contribution in [1.82, 2.24) is 0 Å². The fourth-order valence-electron chi connectivity index (χ4n) is 1.64. The Bertz CT molecular complexity index is 513. The van der Waals surface area contributed by atoms with E-state index in [1.54, 1.807) is 12.1 Å². The van der Waals surface area contributed by atoms with E-state index < -0.39 is 5.97 Å². The maximum absolute atomic E-state index is 11.7. The molecule has 0 atom stereocenters. The van der Waals surface area contributed by atoms with Gasteiger partial charge in [0.1, 0.15) is 6.61 Å². The van der Waals surface area contributed by atoms with Gasteiger partial charge >= 0.3 is 5.97 Å². The van der Waals surface area contributed by atoms with Crippen molar-refractivity contribution in [2.45, 2.75) is 27.2 Å². The molecule has 21 heavy (non-hydrogen) atoms. The Morgan fingerprint density at radius 3 is 2.19 bits per heavy atom. The third-order valence-electron chi connectivity index (χ3n) is 2.48. The third-order valence-corrected chi connectivity index (χ3v) is 3.22. The van der Waals surface area contributed by atoms with Gasteiger partial charge in [-0.25, -0.2) is 0 Å². The summed E-state index contributed by atoms with van der Waals surface area (Å²) in [5.74, 6) is 0.547. The highest BCUT2D eigenvalue weighted by atomic mass is 79.9. The predicted octanol–water partition coefficient (Wildman–Crippen LogP) is 2.92. The number of halogens is 1. The molecule has 0 amide bonds. The average Bonchev–Trinajstić information content (AvgIpc) is 2.42. The van der Waals surface area contributed by atoms with Gasteiger partial charge in [-0.1, -0.05) is 15.9 Å². The molecule has 0 fully saturated rings. The van der Waals surface area contributed by atoms with Gasteiger partial charge in [-0.15, -0.1) is 0 Å². The van der Waals surface area contributed by atoms with Crippen molar-refractivity contribution in [2.75, 3.05) is 19.8 Å².